The lowest BCUT2D eigenvalue weighted by atomic mass is 9.86. The molecule has 1 aliphatic heterocycles. The van der Waals surface area contributed by atoms with Crippen molar-refractivity contribution in [3.63, 3.8) is 0 Å². The summed E-state index contributed by atoms with van der Waals surface area (Å²) in [5, 5.41) is 13.1. The van der Waals surface area contributed by atoms with Crippen LogP contribution in [0.1, 0.15) is 33.5 Å². The first-order valence-corrected chi connectivity index (χ1v) is 9.66. The molecule has 0 aliphatic carbocycles. The minimum Gasteiger partial charge on any atom is -0.478 e. The molecule has 0 amide bonds. The van der Waals surface area contributed by atoms with Gasteiger partial charge in [0.1, 0.15) is 0 Å². The summed E-state index contributed by atoms with van der Waals surface area (Å²) in [7, 11) is 0. The minimum absolute atomic E-state index is 0.0348. The quantitative estimate of drug-likeness (QED) is 0.515. The maximum Gasteiger partial charge on any atom is 0.435 e. The third kappa shape index (κ3) is 3.73. The molecule has 0 spiro atoms. The molecule has 0 saturated heterocycles. The molecule has 0 bridgehead atoms. The molecule has 0 saturated carbocycles. The molecule has 1 heterocycles. The predicted molar refractivity (Wildman–Crippen MR) is 102 cm³/mol. The lowest BCUT2D eigenvalue weighted by Crippen LogP contribution is -2.42. The van der Waals surface area contributed by atoms with Crippen LogP contribution in [0.15, 0.2) is 41.6 Å². The number of carboxylic acid groups (broad SMARTS) is 1. The molecule has 148 valence electrons. The Bertz CT molecular complexity index is 961. The highest BCUT2D eigenvalue weighted by Gasteiger charge is 2.62. The average Bonchev–Trinajstić information content (AvgIpc) is 3.07. The second-order valence-corrected chi connectivity index (χ2v) is 7.53. The molecular weight excluding hydrogens is 486 g/mol. The molecule has 3 rings (SSSR count). The van der Waals surface area contributed by atoms with Crippen LogP contribution in [0.2, 0.25) is 10.0 Å². The van der Waals surface area contributed by atoms with E-state index in [-0.39, 0.29) is 32.2 Å². The maximum atomic E-state index is 14.0. The van der Waals surface area contributed by atoms with Crippen LogP contribution in [0.5, 0.6) is 0 Å². The molecule has 4 nitrogen and oxygen atoms in total. The van der Waals surface area contributed by atoms with Gasteiger partial charge in [0.05, 0.1) is 11.3 Å². The summed E-state index contributed by atoms with van der Waals surface area (Å²) < 4.78 is 42.0. The largest absolute Gasteiger partial charge is 0.478 e. The van der Waals surface area contributed by atoms with Crippen molar-refractivity contribution in [2.24, 2.45) is 5.16 Å². The number of aromatic carboxylic acids is 1. The van der Waals surface area contributed by atoms with Gasteiger partial charge in [-0.2, -0.15) is 13.2 Å². The van der Waals surface area contributed by atoms with Crippen LogP contribution < -0.4 is 0 Å². The van der Waals surface area contributed by atoms with E-state index in [4.69, 9.17) is 28.0 Å². The van der Waals surface area contributed by atoms with Gasteiger partial charge in [-0.25, -0.2) is 4.79 Å². The van der Waals surface area contributed by atoms with E-state index in [0.717, 1.165) is 12.1 Å². The zero-order chi connectivity index (χ0) is 20.7. The number of hydrogen-bond donors (Lipinski definition) is 1. The minimum atomic E-state index is -4.80. The standard InChI is InChI=1S/C18H11BrCl2F3NO3/c19-8-10-3-9(1-2-14(10)16(26)27)15-7-17(28-25-15,18(22,23)24)11-4-12(20)6-13(21)5-11/h1-6H,7-8H2,(H,26,27). The summed E-state index contributed by atoms with van der Waals surface area (Å²) in [5.74, 6) is -1.14. The van der Waals surface area contributed by atoms with Crippen LogP contribution in [-0.2, 0) is 15.8 Å². The normalized spacial score (nSPS) is 19.3. The third-order valence-electron chi connectivity index (χ3n) is 4.33. The summed E-state index contributed by atoms with van der Waals surface area (Å²) in [6.07, 6.45) is -5.41. The van der Waals surface area contributed by atoms with Crippen LogP contribution in [0.25, 0.3) is 0 Å². The molecule has 2 aromatic rings. The first-order valence-electron chi connectivity index (χ1n) is 7.78. The van der Waals surface area contributed by atoms with Gasteiger partial charge in [0.25, 0.3) is 5.60 Å². The molecule has 1 atom stereocenters. The highest BCUT2D eigenvalue weighted by Crippen LogP contribution is 2.49. The number of benzene rings is 2. The Kier molecular flexibility index (Phi) is 5.67. The van der Waals surface area contributed by atoms with E-state index >= 15 is 0 Å². The van der Waals surface area contributed by atoms with Gasteiger partial charge < -0.3 is 9.94 Å². The second kappa shape index (κ2) is 7.57. The number of carboxylic acids is 1. The fourth-order valence-corrected chi connectivity index (χ4v) is 3.93. The topological polar surface area (TPSA) is 58.9 Å². The second-order valence-electron chi connectivity index (χ2n) is 6.10. The number of alkyl halides is 4. The van der Waals surface area contributed by atoms with Crippen molar-refractivity contribution in [3.8, 4) is 0 Å². The van der Waals surface area contributed by atoms with Gasteiger partial charge in [-0.05, 0) is 41.5 Å². The molecule has 28 heavy (non-hydrogen) atoms. The Morgan fingerprint density at radius 3 is 2.39 bits per heavy atom. The zero-order valence-corrected chi connectivity index (χ0v) is 17.0. The van der Waals surface area contributed by atoms with Gasteiger partial charge in [0, 0.05) is 27.4 Å². The molecule has 0 radical (unpaired) electrons. The van der Waals surface area contributed by atoms with E-state index in [0.29, 0.717) is 11.1 Å². The average molecular weight is 497 g/mol. The fourth-order valence-electron chi connectivity index (χ4n) is 2.94. The Morgan fingerprint density at radius 1 is 1.21 bits per heavy atom. The summed E-state index contributed by atoms with van der Waals surface area (Å²) in [6, 6.07) is 7.78. The van der Waals surface area contributed by atoms with Crippen molar-refractivity contribution in [2.75, 3.05) is 0 Å². The van der Waals surface area contributed by atoms with Crippen LogP contribution >= 0.6 is 39.1 Å². The molecule has 0 fully saturated rings. The summed E-state index contributed by atoms with van der Waals surface area (Å²) >= 11 is 14.9. The van der Waals surface area contributed by atoms with Crippen LogP contribution in [0, 0.1) is 0 Å². The number of nitrogens with zero attached hydrogens (tertiary/aromatic N) is 1. The van der Waals surface area contributed by atoms with Crippen molar-refractivity contribution >= 4 is 50.8 Å². The summed E-state index contributed by atoms with van der Waals surface area (Å²) in [4.78, 5) is 16.2. The SMILES string of the molecule is O=C(O)c1ccc(C2=NOC(c3cc(Cl)cc(Cl)c3)(C(F)(F)F)C2)cc1CBr. The molecule has 1 N–H and O–H groups in total. The molecule has 1 aliphatic rings. The van der Waals surface area contributed by atoms with E-state index in [9.17, 15) is 23.1 Å². The Balaban J connectivity index is 2.03. The lowest BCUT2D eigenvalue weighted by Gasteiger charge is -2.29. The first-order chi connectivity index (χ1) is 13.1. The first kappa shape index (κ1) is 21.0. The van der Waals surface area contributed by atoms with Gasteiger partial charge in [0.2, 0.25) is 0 Å². The van der Waals surface area contributed by atoms with Crippen molar-refractivity contribution in [3.05, 3.63) is 68.7 Å². The molecular formula is C18H11BrCl2F3NO3. The number of carbonyl (C=O) groups is 1. The Morgan fingerprint density at radius 2 is 1.86 bits per heavy atom. The van der Waals surface area contributed by atoms with Crippen LogP contribution in [0.3, 0.4) is 0 Å². The van der Waals surface area contributed by atoms with E-state index in [2.05, 4.69) is 21.1 Å². The van der Waals surface area contributed by atoms with E-state index in [1.807, 2.05) is 0 Å². The lowest BCUT2D eigenvalue weighted by molar-refractivity contribution is -0.275. The van der Waals surface area contributed by atoms with E-state index in [1.165, 1.54) is 24.3 Å². The van der Waals surface area contributed by atoms with Crippen LogP contribution in [0.4, 0.5) is 13.2 Å². The van der Waals surface area contributed by atoms with Crippen molar-refractivity contribution in [2.45, 2.75) is 23.5 Å². The highest BCUT2D eigenvalue weighted by atomic mass is 79.9. The Labute approximate surface area is 176 Å². The fraction of sp³-hybridized carbons (Fsp3) is 0.222. The molecule has 0 aromatic heterocycles. The number of hydrogen-bond acceptors (Lipinski definition) is 3. The van der Waals surface area contributed by atoms with Crippen molar-refractivity contribution in [1.82, 2.24) is 0 Å². The zero-order valence-electron chi connectivity index (χ0n) is 13.9. The smallest absolute Gasteiger partial charge is 0.435 e. The van der Waals surface area contributed by atoms with Gasteiger partial charge in [0.15, 0.2) is 0 Å². The molecule has 2 aromatic carbocycles. The number of halogens is 6. The molecule has 10 heteroatoms. The van der Waals surface area contributed by atoms with Gasteiger partial charge in [-0.15, -0.1) is 0 Å². The van der Waals surface area contributed by atoms with E-state index in [1.54, 1.807) is 0 Å². The maximum absolute atomic E-state index is 14.0. The number of rotatable bonds is 4. The summed E-state index contributed by atoms with van der Waals surface area (Å²) in [6.45, 7) is 0. The predicted octanol–water partition coefficient (Wildman–Crippen LogP) is 6.17. The van der Waals surface area contributed by atoms with Gasteiger partial charge >= 0.3 is 12.1 Å². The van der Waals surface area contributed by atoms with E-state index < -0.39 is 24.2 Å². The van der Waals surface area contributed by atoms with Crippen LogP contribution in [-0.4, -0.2) is 23.0 Å². The summed E-state index contributed by atoms with van der Waals surface area (Å²) in [5.41, 5.74) is -2.19. The molecule has 1 unspecified atom stereocenters. The van der Waals surface area contributed by atoms with Crippen molar-refractivity contribution in [1.29, 1.82) is 0 Å². The van der Waals surface area contributed by atoms with Gasteiger partial charge in [-0.1, -0.05) is 50.4 Å². The monoisotopic (exact) mass is 495 g/mol. The Hall–Kier alpha value is -1.77. The third-order valence-corrected chi connectivity index (χ3v) is 5.37. The van der Waals surface area contributed by atoms with Crippen molar-refractivity contribution < 1.29 is 27.9 Å². The highest BCUT2D eigenvalue weighted by molar-refractivity contribution is 9.08. The number of oxime groups is 1. The van der Waals surface area contributed by atoms with Gasteiger partial charge in [-0.3, -0.25) is 0 Å².